The summed E-state index contributed by atoms with van der Waals surface area (Å²) in [7, 11) is 0. The zero-order chi connectivity index (χ0) is 10.6. The number of rotatable bonds is 3. The van der Waals surface area contributed by atoms with Crippen LogP contribution >= 0.6 is 0 Å². The lowest BCUT2D eigenvalue weighted by molar-refractivity contribution is -0.132. The molecule has 3 N–H and O–H groups in total. The molecule has 0 aliphatic rings. The molecule has 74 valence electrons. The summed E-state index contributed by atoms with van der Waals surface area (Å²) in [4.78, 5) is 10.8. The molecule has 3 heteroatoms. The van der Waals surface area contributed by atoms with Crippen molar-refractivity contribution >= 4 is 5.97 Å². The van der Waals surface area contributed by atoms with E-state index in [-0.39, 0.29) is 5.57 Å². The van der Waals surface area contributed by atoms with Gasteiger partial charge < -0.3 is 10.8 Å². The van der Waals surface area contributed by atoms with Crippen LogP contribution in [0.15, 0.2) is 41.6 Å². The molecule has 1 aromatic carbocycles. The molecule has 0 heterocycles. The Labute approximate surface area is 82.9 Å². The van der Waals surface area contributed by atoms with Crippen LogP contribution in [0.4, 0.5) is 0 Å². The number of carboxylic acids is 1. The van der Waals surface area contributed by atoms with Gasteiger partial charge in [0.15, 0.2) is 0 Å². The normalized spacial score (nSPS) is 12.1. The first-order valence-corrected chi connectivity index (χ1v) is 4.33. The number of carbonyl (C=O) groups is 1. The summed E-state index contributed by atoms with van der Waals surface area (Å²) in [5, 5.41) is 8.87. The molecule has 0 aliphatic heterocycles. The Bertz CT molecular complexity index is 351. The van der Waals surface area contributed by atoms with Crippen LogP contribution in [0.2, 0.25) is 0 Å². The molecule has 0 aromatic heterocycles. The van der Waals surface area contributed by atoms with Gasteiger partial charge in [0.25, 0.3) is 0 Å². The van der Waals surface area contributed by atoms with Crippen LogP contribution in [0, 0.1) is 0 Å². The predicted octanol–water partition coefficient (Wildman–Crippen LogP) is 1.55. The van der Waals surface area contributed by atoms with Gasteiger partial charge in [-0.1, -0.05) is 30.3 Å². The predicted molar refractivity (Wildman–Crippen MR) is 54.7 cm³/mol. The zero-order valence-electron chi connectivity index (χ0n) is 8.03. The Hall–Kier alpha value is -1.77. The Morgan fingerprint density at radius 1 is 1.36 bits per heavy atom. The van der Waals surface area contributed by atoms with Gasteiger partial charge in [0, 0.05) is 12.1 Å². The third kappa shape index (κ3) is 2.62. The summed E-state index contributed by atoms with van der Waals surface area (Å²) in [5.41, 5.74) is 7.06. The maximum atomic E-state index is 10.8. The Morgan fingerprint density at radius 2 is 1.93 bits per heavy atom. The monoisotopic (exact) mass is 191 g/mol. The highest BCUT2D eigenvalue weighted by Gasteiger charge is 2.10. The Kier molecular flexibility index (Phi) is 3.29. The summed E-state index contributed by atoms with van der Waals surface area (Å²) < 4.78 is 0. The van der Waals surface area contributed by atoms with Crippen molar-refractivity contribution in [3.63, 3.8) is 0 Å². The van der Waals surface area contributed by atoms with E-state index in [0.29, 0.717) is 12.1 Å². The van der Waals surface area contributed by atoms with Gasteiger partial charge in [-0.05, 0) is 12.5 Å². The van der Waals surface area contributed by atoms with Crippen LogP contribution < -0.4 is 5.73 Å². The van der Waals surface area contributed by atoms with E-state index in [2.05, 4.69) is 0 Å². The van der Waals surface area contributed by atoms with Gasteiger partial charge in [0.05, 0.1) is 5.57 Å². The lowest BCUT2D eigenvalue weighted by Gasteiger charge is -2.04. The van der Waals surface area contributed by atoms with Crippen LogP contribution in [0.25, 0.3) is 0 Å². The second-order valence-corrected chi connectivity index (χ2v) is 3.13. The largest absolute Gasteiger partial charge is 0.478 e. The number of carboxylic acid groups (broad SMARTS) is 1. The van der Waals surface area contributed by atoms with Gasteiger partial charge in [-0.15, -0.1) is 0 Å². The summed E-state index contributed by atoms with van der Waals surface area (Å²) in [6, 6.07) is 9.40. The van der Waals surface area contributed by atoms with Crippen LogP contribution in [0.1, 0.15) is 12.5 Å². The molecule has 0 atom stereocenters. The second-order valence-electron chi connectivity index (χ2n) is 3.13. The smallest absolute Gasteiger partial charge is 0.333 e. The van der Waals surface area contributed by atoms with Crippen LogP contribution in [0.5, 0.6) is 0 Å². The van der Waals surface area contributed by atoms with Crippen molar-refractivity contribution in [3.8, 4) is 0 Å². The molecule has 14 heavy (non-hydrogen) atoms. The molecule has 0 amide bonds. The van der Waals surface area contributed by atoms with Crippen molar-refractivity contribution in [3.05, 3.63) is 47.2 Å². The summed E-state index contributed by atoms with van der Waals surface area (Å²) in [6.45, 7) is 1.60. The zero-order valence-corrected chi connectivity index (χ0v) is 8.03. The fourth-order valence-corrected chi connectivity index (χ4v) is 1.18. The summed E-state index contributed by atoms with van der Waals surface area (Å²) in [6.07, 6.45) is 0.374. The molecule has 0 saturated carbocycles. The molecule has 0 aliphatic carbocycles. The number of aliphatic carboxylic acids is 1. The van der Waals surface area contributed by atoms with E-state index in [1.54, 1.807) is 6.92 Å². The molecular formula is C11H13NO2. The summed E-state index contributed by atoms with van der Waals surface area (Å²) in [5.74, 6) is -0.950. The second kappa shape index (κ2) is 4.46. The van der Waals surface area contributed by atoms with Gasteiger partial charge in [-0.25, -0.2) is 4.79 Å². The minimum atomic E-state index is -0.950. The van der Waals surface area contributed by atoms with Gasteiger partial charge >= 0.3 is 5.97 Å². The molecule has 0 spiro atoms. The Balaban J connectivity index is 2.87. The van der Waals surface area contributed by atoms with E-state index in [0.717, 1.165) is 5.56 Å². The average Bonchev–Trinajstić information content (AvgIpc) is 2.15. The molecular weight excluding hydrogens is 178 g/mol. The van der Waals surface area contributed by atoms with Crippen molar-refractivity contribution < 1.29 is 9.90 Å². The lowest BCUT2D eigenvalue weighted by Crippen LogP contribution is -2.10. The molecule has 1 rings (SSSR count). The van der Waals surface area contributed by atoms with E-state index in [1.165, 1.54) is 0 Å². The number of hydrogen-bond acceptors (Lipinski definition) is 2. The first-order valence-electron chi connectivity index (χ1n) is 4.33. The van der Waals surface area contributed by atoms with Crippen molar-refractivity contribution in [1.82, 2.24) is 0 Å². The SMILES string of the molecule is CC(N)=C(Cc1ccccc1)C(=O)O. The van der Waals surface area contributed by atoms with Crippen molar-refractivity contribution in [2.45, 2.75) is 13.3 Å². The number of benzene rings is 1. The van der Waals surface area contributed by atoms with Crippen LogP contribution in [-0.4, -0.2) is 11.1 Å². The Morgan fingerprint density at radius 3 is 2.36 bits per heavy atom. The minimum absolute atomic E-state index is 0.260. The average molecular weight is 191 g/mol. The van der Waals surface area contributed by atoms with E-state index in [9.17, 15) is 4.79 Å². The highest BCUT2D eigenvalue weighted by Crippen LogP contribution is 2.09. The van der Waals surface area contributed by atoms with Gasteiger partial charge in [-0.2, -0.15) is 0 Å². The third-order valence-electron chi connectivity index (χ3n) is 1.96. The van der Waals surface area contributed by atoms with Gasteiger partial charge in [-0.3, -0.25) is 0 Å². The van der Waals surface area contributed by atoms with Gasteiger partial charge in [0.2, 0.25) is 0 Å². The lowest BCUT2D eigenvalue weighted by atomic mass is 10.0. The number of allylic oxidation sites excluding steroid dienone is 1. The first-order chi connectivity index (χ1) is 6.61. The summed E-state index contributed by atoms with van der Waals surface area (Å²) >= 11 is 0. The molecule has 0 bridgehead atoms. The van der Waals surface area contributed by atoms with Crippen molar-refractivity contribution in [1.29, 1.82) is 0 Å². The molecule has 0 radical (unpaired) electrons. The minimum Gasteiger partial charge on any atom is -0.478 e. The quantitative estimate of drug-likeness (QED) is 0.712. The maximum Gasteiger partial charge on any atom is 0.333 e. The molecule has 1 aromatic rings. The highest BCUT2D eigenvalue weighted by molar-refractivity contribution is 5.87. The van der Waals surface area contributed by atoms with E-state index >= 15 is 0 Å². The highest BCUT2D eigenvalue weighted by atomic mass is 16.4. The van der Waals surface area contributed by atoms with Gasteiger partial charge in [0.1, 0.15) is 0 Å². The number of hydrogen-bond donors (Lipinski definition) is 2. The molecule has 0 fully saturated rings. The van der Waals surface area contributed by atoms with E-state index in [4.69, 9.17) is 10.8 Å². The molecule has 0 saturated heterocycles. The number of nitrogens with two attached hydrogens (primary N) is 1. The fraction of sp³-hybridized carbons (Fsp3) is 0.182. The first kappa shape index (κ1) is 10.3. The van der Waals surface area contributed by atoms with Crippen molar-refractivity contribution in [2.75, 3.05) is 0 Å². The maximum absolute atomic E-state index is 10.8. The van der Waals surface area contributed by atoms with Crippen LogP contribution in [-0.2, 0) is 11.2 Å². The topological polar surface area (TPSA) is 63.3 Å². The molecule has 0 unspecified atom stereocenters. The van der Waals surface area contributed by atoms with E-state index in [1.807, 2.05) is 30.3 Å². The van der Waals surface area contributed by atoms with E-state index < -0.39 is 5.97 Å². The fourth-order valence-electron chi connectivity index (χ4n) is 1.18. The molecule has 3 nitrogen and oxygen atoms in total. The van der Waals surface area contributed by atoms with Crippen LogP contribution in [0.3, 0.4) is 0 Å². The van der Waals surface area contributed by atoms with Crippen molar-refractivity contribution in [2.24, 2.45) is 5.73 Å². The standard InChI is InChI=1S/C11H13NO2/c1-8(12)10(11(13)14)7-9-5-3-2-4-6-9/h2-6H,7,12H2,1H3,(H,13,14). The third-order valence-corrected chi connectivity index (χ3v) is 1.96.